The fourth-order valence-corrected chi connectivity index (χ4v) is 2.54. The Kier molecular flexibility index (Phi) is 5.15. The number of aromatic carboxylic acids is 1. The average Bonchev–Trinajstić information content (AvgIpc) is 3.27. The summed E-state index contributed by atoms with van der Waals surface area (Å²) in [7, 11) is 1.63. The summed E-state index contributed by atoms with van der Waals surface area (Å²) in [6.45, 7) is 1.43. The predicted octanol–water partition coefficient (Wildman–Crippen LogP) is 3.18. The molecule has 3 rings (SSSR count). The number of ether oxygens (including phenoxy) is 1. The molecule has 0 aliphatic rings. The van der Waals surface area contributed by atoms with Gasteiger partial charge in [-0.1, -0.05) is 18.2 Å². The summed E-state index contributed by atoms with van der Waals surface area (Å²) in [6.07, 6.45) is 2.76. The van der Waals surface area contributed by atoms with Crippen molar-refractivity contribution >= 4 is 5.97 Å². The van der Waals surface area contributed by atoms with Crippen LogP contribution in [0, 0.1) is 0 Å². The molecular weight excluding hydrogens is 324 g/mol. The highest BCUT2D eigenvalue weighted by Crippen LogP contribution is 2.21. The van der Waals surface area contributed by atoms with Gasteiger partial charge in [0, 0.05) is 12.1 Å². The van der Waals surface area contributed by atoms with Crippen molar-refractivity contribution in [1.29, 1.82) is 0 Å². The van der Waals surface area contributed by atoms with Gasteiger partial charge in [0.1, 0.15) is 17.8 Å². The lowest BCUT2D eigenvalue weighted by atomic mass is 10.2. The van der Waals surface area contributed by atoms with Crippen molar-refractivity contribution in [2.24, 2.45) is 0 Å². The van der Waals surface area contributed by atoms with E-state index in [2.05, 4.69) is 4.98 Å². The molecule has 0 atom stereocenters. The summed E-state index contributed by atoms with van der Waals surface area (Å²) < 4.78 is 16.1. The van der Waals surface area contributed by atoms with Gasteiger partial charge >= 0.3 is 5.97 Å². The monoisotopic (exact) mass is 342 g/mol. The standard InChI is InChI=1S/C18H18N2O5/c1-23-16-7-3-2-5-13(16)9-20(10-14-6-4-8-24-14)11-17-19-15(12-25-17)18(21)22/h2-8,12H,9-11H2,1H3,(H,21,22). The van der Waals surface area contributed by atoms with Gasteiger partial charge in [0.05, 0.1) is 26.5 Å². The van der Waals surface area contributed by atoms with E-state index in [0.29, 0.717) is 25.5 Å². The SMILES string of the molecule is COc1ccccc1CN(Cc1ccco1)Cc1nc(C(=O)O)co1. The zero-order chi connectivity index (χ0) is 17.6. The van der Waals surface area contributed by atoms with Gasteiger partial charge in [0.2, 0.25) is 5.89 Å². The second-order valence-corrected chi connectivity index (χ2v) is 5.47. The van der Waals surface area contributed by atoms with Gasteiger partial charge in [-0.3, -0.25) is 4.90 Å². The van der Waals surface area contributed by atoms with Crippen LogP contribution in [0.5, 0.6) is 5.75 Å². The van der Waals surface area contributed by atoms with Crippen molar-refractivity contribution in [3.05, 3.63) is 71.8 Å². The average molecular weight is 342 g/mol. The van der Waals surface area contributed by atoms with E-state index in [1.54, 1.807) is 13.4 Å². The van der Waals surface area contributed by atoms with Crippen LogP contribution in [0.1, 0.15) is 27.7 Å². The minimum absolute atomic E-state index is 0.106. The zero-order valence-corrected chi connectivity index (χ0v) is 13.7. The zero-order valence-electron chi connectivity index (χ0n) is 13.7. The van der Waals surface area contributed by atoms with Gasteiger partial charge in [0.25, 0.3) is 0 Å². The second-order valence-electron chi connectivity index (χ2n) is 5.47. The number of rotatable bonds is 8. The number of carbonyl (C=O) groups is 1. The van der Waals surface area contributed by atoms with E-state index < -0.39 is 5.97 Å². The smallest absolute Gasteiger partial charge is 0.357 e. The molecule has 0 bridgehead atoms. The summed E-state index contributed by atoms with van der Waals surface area (Å²) in [5.41, 5.74) is 0.895. The molecule has 7 heteroatoms. The first-order valence-electron chi connectivity index (χ1n) is 7.70. The quantitative estimate of drug-likeness (QED) is 0.672. The first kappa shape index (κ1) is 16.8. The summed E-state index contributed by atoms with van der Waals surface area (Å²) in [5.74, 6) is 0.793. The predicted molar refractivity (Wildman–Crippen MR) is 88.1 cm³/mol. The van der Waals surface area contributed by atoms with E-state index in [1.807, 2.05) is 41.3 Å². The van der Waals surface area contributed by atoms with E-state index in [4.69, 9.17) is 18.7 Å². The highest BCUT2D eigenvalue weighted by molar-refractivity contribution is 5.84. The second kappa shape index (κ2) is 7.67. The number of hydrogen-bond acceptors (Lipinski definition) is 6. The minimum Gasteiger partial charge on any atom is -0.496 e. The number of para-hydroxylation sites is 1. The van der Waals surface area contributed by atoms with Crippen LogP contribution >= 0.6 is 0 Å². The minimum atomic E-state index is -1.11. The summed E-state index contributed by atoms with van der Waals surface area (Å²) in [6, 6.07) is 11.4. The normalized spacial score (nSPS) is 11.0. The van der Waals surface area contributed by atoms with Crippen LogP contribution in [-0.2, 0) is 19.6 Å². The largest absolute Gasteiger partial charge is 0.496 e. The van der Waals surface area contributed by atoms with Crippen molar-refractivity contribution in [3.8, 4) is 5.75 Å². The molecule has 25 heavy (non-hydrogen) atoms. The molecule has 0 spiro atoms. The Labute approximate surface area is 144 Å². The van der Waals surface area contributed by atoms with E-state index in [-0.39, 0.29) is 5.69 Å². The Hall–Kier alpha value is -3.06. The molecule has 3 aromatic rings. The molecule has 0 aliphatic carbocycles. The number of carboxylic acid groups (broad SMARTS) is 1. The van der Waals surface area contributed by atoms with Gasteiger partial charge < -0.3 is 18.7 Å². The number of nitrogens with zero attached hydrogens (tertiary/aromatic N) is 2. The van der Waals surface area contributed by atoms with E-state index >= 15 is 0 Å². The summed E-state index contributed by atoms with van der Waals surface area (Å²) in [5, 5.41) is 8.98. The number of furan rings is 1. The maximum absolute atomic E-state index is 11.0. The van der Waals surface area contributed by atoms with Crippen LogP contribution < -0.4 is 4.74 Å². The van der Waals surface area contributed by atoms with Crippen LogP contribution in [0.4, 0.5) is 0 Å². The third-order valence-electron chi connectivity index (χ3n) is 3.68. The number of carboxylic acids is 1. The van der Waals surface area contributed by atoms with Crippen LogP contribution in [0.2, 0.25) is 0 Å². The molecule has 2 heterocycles. The summed E-state index contributed by atoms with van der Waals surface area (Å²) >= 11 is 0. The molecule has 0 radical (unpaired) electrons. The number of hydrogen-bond donors (Lipinski definition) is 1. The Morgan fingerprint density at radius 2 is 2.00 bits per heavy atom. The Bertz CT molecular complexity index is 826. The maximum Gasteiger partial charge on any atom is 0.357 e. The lowest BCUT2D eigenvalue weighted by Crippen LogP contribution is -2.22. The van der Waals surface area contributed by atoms with Crippen molar-refractivity contribution in [1.82, 2.24) is 9.88 Å². The van der Waals surface area contributed by atoms with Crippen LogP contribution in [0.3, 0.4) is 0 Å². The maximum atomic E-state index is 11.0. The fraction of sp³-hybridized carbons (Fsp3) is 0.222. The molecule has 7 nitrogen and oxygen atoms in total. The van der Waals surface area contributed by atoms with E-state index in [9.17, 15) is 4.79 Å². The van der Waals surface area contributed by atoms with E-state index in [0.717, 1.165) is 23.3 Å². The Morgan fingerprint density at radius 1 is 1.16 bits per heavy atom. The topological polar surface area (TPSA) is 88.9 Å². The Morgan fingerprint density at radius 3 is 2.68 bits per heavy atom. The van der Waals surface area contributed by atoms with E-state index in [1.165, 1.54) is 0 Å². The Balaban J connectivity index is 1.80. The lowest BCUT2D eigenvalue weighted by molar-refractivity contribution is 0.0690. The van der Waals surface area contributed by atoms with Crippen LogP contribution in [0.25, 0.3) is 0 Å². The molecule has 0 saturated carbocycles. The first-order chi connectivity index (χ1) is 12.2. The van der Waals surface area contributed by atoms with Crippen LogP contribution in [0.15, 0.2) is 57.8 Å². The number of methoxy groups -OCH3 is 1. The molecule has 1 aromatic carbocycles. The lowest BCUT2D eigenvalue weighted by Gasteiger charge is -2.21. The van der Waals surface area contributed by atoms with Crippen molar-refractivity contribution in [2.45, 2.75) is 19.6 Å². The molecular formula is C18H18N2O5. The number of benzene rings is 1. The molecule has 1 N–H and O–H groups in total. The third kappa shape index (κ3) is 4.27. The molecule has 0 amide bonds. The molecule has 0 saturated heterocycles. The van der Waals surface area contributed by atoms with Crippen LogP contribution in [-0.4, -0.2) is 28.1 Å². The fourth-order valence-electron chi connectivity index (χ4n) is 2.54. The number of aromatic nitrogens is 1. The van der Waals surface area contributed by atoms with Gasteiger partial charge in [0.15, 0.2) is 5.69 Å². The van der Waals surface area contributed by atoms with Gasteiger partial charge in [-0.05, 0) is 18.2 Å². The van der Waals surface area contributed by atoms with Crippen molar-refractivity contribution in [2.75, 3.05) is 7.11 Å². The molecule has 0 aliphatic heterocycles. The first-order valence-corrected chi connectivity index (χ1v) is 7.70. The summed E-state index contributed by atoms with van der Waals surface area (Å²) in [4.78, 5) is 17.0. The molecule has 0 unspecified atom stereocenters. The number of oxazole rings is 1. The molecule has 2 aromatic heterocycles. The molecule has 0 fully saturated rings. The van der Waals surface area contributed by atoms with Crippen molar-refractivity contribution < 1.29 is 23.5 Å². The highest BCUT2D eigenvalue weighted by Gasteiger charge is 2.17. The molecule has 130 valence electrons. The van der Waals surface area contributed by atoms with Gasteiger partial charge in [-0.2, -0.15) is 0 Å². The van der Waals surface area contributed by atoms with Gasteiger partial charge in [-0.25, -0.2) is 9.78 Å². The van der Waals surface area contributed by atoms with Crippen molar-refractivity contribution in [3.63, 3.8) is 0 Å². The van der Waals surface area contributed by atoms with Gasteiger partial charge in [-0.15, -0.1) is 0 Å². The highest BCUT2D eigenvalue weighted by atomic mass is 16.5. The third-order valence-corrected chi connectivity index (χ3v) is 3.68.